The van der Waals surface area contributed by atoms with Gasteiger partial charge in [0.1, 0.15) is 0 Å². The molecule has 0 N–H and O–H groups in total. The average Bonchev–Trinajstić information content (AvgIpc) is 2.60. The molecule has 0 heterocycles. The van der Waals surface area contributed by atoms with Crippen LogP contribution in [0.4, 0.5) is 0 Å². The highest BCUT2D eigenvalue weighted by Gasteiger charge is 2.46. The van der Waals surface area contributed by atoms with E-state index >= 15 is 0 Å². The lowest BCUT2D eigenvalue weighted by atomic mass is 9.89. The molecule has 3 atom stereocenters. The largest absolute Gasteiger partial charge is 0.258 e. The van der Waals surface area contributed by atoms with Crippen molar-refractivity contribution >= 4 is 22.6 Å². The second kappa shape index (κ2) is 6.44. The normalized spacial score (nSPS) is 30.5. The summed E-state index contributed by atoms with van der Waals surface area (Å²) in [4.78, 5) is 0. The van der Waals surface area contributed by atoms with Crippen LogP contribution in [-0.4, -0.2) is 20.8 Å². The van der Waals surface area contributed by atoms with E-state index in [1.54, 1.807) is 0 Å². The second-order valence-corrected chi connectivity index (χ2v) is 8.21. The van der Waals surface area contributed by atoms with E-state index in [1.165, 1.54) is 38.5 Å². The fourth-order valence-electron chi connectivity index (χ4n) is 3.15. The Hall–Kier alpha value is 0.500. The van der Waals surface area contributed by atoms with Gasteiger partial charge in [0.05, 0.1) is 4.08 Å². The van der Waals surface area contributed by atoms with Crippen LogP contribution in [0.5, 0.6) is 0 Å². The summed E-state index contributed by atoms with van der Waals surface area (Å²) in [6, 6.07) is 0. The SMILES string of the molecule is CCC[C@H]1CC(SC)(S(C)=O)C[C@@H]1CCC. The molecule has 0 aromatic heterocycles. The molecular formula is C13H26OS2. The molecule has 1 nitrogen and oxygen atoms in total. The highest BCUT2D eigenvalue weighted by molar-refractivity contribution is 8.11. The lowest BCUT2D eigenvalue weighted by Crippen LogP contribution is -2.26. The molecule has 0 bridgehead atoms. The quantitative estimate of drug-likeness (QED) is 0.718. The van der Waals surface area contributed by atoms with Gasteiger partial charge in [-0.2, -0.15) is 0 Å². The monoisotopic (exact) mass is 262 g/mol. The topological polar surface area (TPSA) is 17.1 Å². The van der Waals surface area contributed by atoms with Crippen LogP contribution < -0.4 is 0 Å². The number of rotatable bonds is 6. The van der Waals surface area contributed by atoms with Crippen LogP contribution >= 0.6 is 11.8 Å². The van der Waals surface area contributed by atoms with Crippen LogP contribution in [-0.2, 0) is 10.8 Å². The maximum absolute atomic E-state index is 12.0. The minimum Gasteiger partial charge on any atom is -0.258 e. The molecule has 0 saturated heterocycles. The van der Waals surface area contributed by atoms with Gasteiger partial charge in [-0.15, -0.1) is 11.8 Å². The molecule has 16 heavy (non-hydrogen) atoms. The summed E-state index contributed by atoms with van der Waals surface area (Å²) in [5.41, 5.74) is 0. The van der Waals surface area contributed by atoms with Crippen molar-refractivity contribution in [3.05, 3.63) is 0 Å². The van der Waals surface area contributed by atoms with E-state index in [0.717, 1.165) is 11.8 Å². The van der Waals surface area contributed by atoms with Gasteiger partial charge in [-0.05, 0) is 30.9 Å². The van der Waals surface area contributed by atoms with E-state index in [9.17, 15) is 4.21 Å². The summed E-state index contributed by atoms with van der Waals surface area (Å²) in [6.07, 6.45) is 11.6. The third-order valence-electron chi connectivity index (χ3n) is 4.03. The van der Waals surface area contributed by atoms with Crippen LogP contribution in [0.25, 0.3) is 0 Å². The fourth-order valence-corrected chi connectivity index (χ4v) is 5.75. The molecule has 0 amide bonds. The van der Waals surface area contributed by atoms with Crippen molar-refractivity contribution in [2.75, 3.05) is 12.5 Å². The molecule has 0 aromatic carbocycles. The molecule has 1 aliphatic carbocycles. The van der Waals surface area contributed by atoms with E-state index < -0.39 is 10.8 Å². The van der Waals surface area contributed by atoms with Crippen LogP contribution in [0, 0.1) is 11.8 Å². The van der Waals surface area contributed by atoms with Crippen molar-refractivity contribution in [1.82, 2.24) is 0 Å². The van der Waals surface area contributed by atoms with Gasteiger partial charge >= 0.3 is 0 Å². The Morgan fingerprint density at radius 1 is 1.19 bits per heavy atom. The highest BCUT2D eigenvalue weighted by atomic mass is 32.2. The molecule has 96 valence electrons. The van der Waals surface area contributed by atoms with Crippen molar-refractivity contribution in [2.24, 2.45) is 11.8 Å². The molecular weight excluding hydrogens is 236 g/mol. The third kappa shape index (κ3) is 3.04. The number of thioether (sulfide) groups is 1. The van der Waals surface area contributed by atoms with Gasteiger partial charge < -0.3 is 0 Å². The Bertz CT molecular complexity index is 226. The van der Waals surface area contributed by atoms with Crippen LogP contribution in [0.1, 0.15) is 52.4 Å². The molecule has 1 rings (SSSR count). The van der Waals surface area contributed by atoms with Gasteiger partial charge in [-0.25, -0.2) is 0 Å². The summed E-state index contributed by atoms with van der Waals surface area (Å²) in [6.45, 7) is 4.54. The average molecular weight is 262 g/mol. The third-order valence-corrected chi connectivity index (χ3v) is 7.69. The molecule has 0 radical (unpaired) electrons. The summed E-state index contributed by atoms with van der Waals surface area (Å²) >= 11 is 1.85. The zero-order valence-electron chi connectivity index (χ0n) is 11.1. The molecule has 1 unspecified atom stereocenters. The molecule has 0 spiro atoms. The first kappa shape index (κ1) is 14.6. The predicted octanol–water partition coefficient (Wildman–Crippen LogP) is 4.05. The van der Waals surface area contributed by atoms with Gasteiger partial charge in [0.2, 0.25) is 0 Å². The minimum absolute atomic E-state index is 0.0691. The predicted molar refractivity (Wildman–Crippen MR) is 76.3 cm³/mol. The Kier molecular flexibility index (Phi) is 5.86. The van der Waals surface area contributed by atoms with Gasteiger partial charge in [0.25, 0.3) is 0 Å². The Morgan fingerprint density at radius 2 is 1.62 bits per heavy atom. The smallest absolute Gasteiger partial charge is 0.0908 e. The van der Waals surface area contributed by atoms with Crippen molar-refractivity contribution in [3.8, 4) is 0 Å². The molecule has 1 saturated carbocycles. The van der Waals surface area contributed by atoms with Crippen molar-refractivity contribution in [3.63, 3.8) is 0 Å². The summed E-state index contributed by atoms with van der Waals surface area (Å²) < 4.78 is 12.1. The van der Waals surface area contributed by atoms with Crippen molar-refractivity contribution in [2.45, 2.75) is 56.5 Å². The summed E-state index contributed by atoms with van der Waals surface area (Å²) in [5.74, 6) is 1.64. The summed E-state index contributed by atoms with van der Waals surface area (Å²) in [5, 5.41) is 0. The maximum atomic E-state index is 12.0. The number of hydrogen-bond acceptors (Lipinski definition) is 2. The van der Waals surface area contributed by atoms with Gasteiger partial charge in [0, 0.05) is 17.1 Å². The first-order valence-corrected chi connectivity index (χ1v) is 9.26. The summed E-state index contributed by atoms with van der Waals surface area (Å²) in [7, 11) is -0.685. The van der Waals surface area contributed by atoms with E-state index in [1.807, 2.05) is 18.0 Å². The zero-order valence-corrected chi connectivity index (χ0v) is 12.8. The van der Waals surface area contributed by atoms with Gasteiger partial charge in [0.15, 0.2) is 0 Å². The Labute approximate surface area is 108 Å². The Balaban J connectivity index is 2.76. The zero-order chi connectivity index (χ0) is 12.2. The van der Waals surface area contributed by atoms with Crippen molar-refractivity contribution < 1.29 is 4.21 Å². The molecule has 1 aliphatic rings. The molecule has 3 heteroatoms. The number of hydrogen-bond donors (Lipinski definition) is 0. The van der Waals surface area contributed by atoms with E-state index in [-0.39, 0.29) is 4.08 Å². The van der Waals surface area contributed by atoms with E-state index in [0.29, 0.717) is 0 Å². The van der Waals surface area contributed by atoms with Crippen LogP contribution in [0.3, 0.4) is 0 Å². The lowest BCUT2D eigenvalue weighted by Gasteiger charge is -2.24. The maximum Gasteiger partial charge on any atom is 0.0908 e. The standard InChI is InChI=1S/C13H26OS2/c1-5-7-11-9-13(15-3,16(4)14)10-12(11)8-6-2/h11-12H,5-10H2,1-4H3/t11-,12-,16?/m0/s1. The van der Waals surface area contributed by atoms with Gasteiger partial charge in [-0.1, -0.05) is 39.5 Å². The first-order valence-electron chi connectivity index (χ1n) is 6.48. The Morgan fingerprint density at radius 3 is 1.88 bits per heavy atom. The minimum atomic E-state index is -0.685. The fraction of sp³-hybridized carbons (Fsp3) is 1.00. The highest BCUT2D eigenvalue weighted by Crippen LogP contribution is 2.51. The van der Waals surface area contributed by atoms with Gasteiger partial charge in [-0.3, -0.25) is 4.21 Å². The molecule has 0 aromatic rings. The molecule has 1 fully saturated rings. The second-order valence-electron chi connectivity index (χ2n) is 5.07. The van der Waals surface area contributed by atoms with E-state index in [4.69, 9.17) is 0 Å². The van der Waals surface area contributed by atoms with Crippen molar-refractivity contribution in [1.29, 1.82) is 0 Å². The first-order chi connectivity index (χ1) is 7.59. The van der Waals surface area contributed by atoms with E-state index in [2.05, 4.69) is 20.1 Å². The molecule has 0 aliphatic heterocycles. The van der Waals surface area contributed by atoms with Crippen LogP contribution in [0.2, 0.25) is 0 Å². The lowest BCUT2D eigenvalue weighted by molar-refractivity contribution is 0.339. The van der Waals surface area contributed by atoms with Crippen LogP contribution in [0.15, 0.2) is 0 Å².